The Morgan fingerprint density at radius 2 is 1.83 bits per heavy atom. The highest BCUT2D eigenvalue weighted by molar-refractivity contribution is 5.80. The largest absolute Gasteiger partial charge is 0.497 e. The summed E-state index contributed by atoms with van der Waals surface area (Å²) in [6, 6.07) is 17.1. The molecule has 0 spiro atoms. The lowest BCUT2D eigenvalue weighted by molar-refractivity contribution is -0.384. The third-order valence-electron chi connectivity index (χ3n) is 3.41. The minimum absolute atomic E-state index is 0.00509. The molecule has 24 heavy (non-hydrogen) atoms. The predicted molar refractivity (Wildman–Crippen MR) is 91.0 cm³/mol. The minimum atomic E-state index is -0.428. The number of para-hydroxylation sites is 1. The summed E-state index contributed by atoms with van der Waals surface area (Å²) < 4.78 is 10.7. The second-order valence-corrected chi connectivity index (χ2v) is 4.93. The van der Waals surface area contributed by atoms with E-state index in [4.69, 9.17) is 9.15 Å². The fourth-order valence-corrected chi connectivity index (χ4v) is 2.21. The number of nitro benzene ring substituents is 1. The van der Waals surface area contributed by atoms with Crippen LogP contribution in [0.25, 0.3) is 11.3 Å². The van der Waals surface area contributed by atoms with E-state index in [9.17, 15) is 10.1 Å². The summed E-state index contributed by atoms with van der Waals surface area (Å²) in [6.07, 6.45) is 1.57. The van der Waals surface area contributed by atoms with Gasteiger partial charge in [-0.15, -0.1) is 0 Å². The zero-order chi connectivity index (χ0) is 16.9. The van der Waals surface area contributed by atoms with Crippen molar-refractivity contribution in [3.8, 4) is 17.1 Å². The summed E-state index contributed by atoms with van der Waals surface area (Å²) in [5, 5.41) is 11.1. The molecule has 0 aliphatic heterocycles. The molecule has 0 bridgehead atoms. The van der Waals surface area contributed by atoms with Crippen molar-refractivity contribution in [2.75, 3.05) is 7.11 Å². The molecular weight excluding hydrogens is 308 g/mol. The van der Waals surface area contributed by atoms with Crippen LogP contribution in [0, 0.1) is 10.1 Å². The molecule has 120 valence electrons. The van der Waals surface area contributed by atoms with Crippen molar-refractivity contribution in [3.05, 3.63) is 76.5 Å². The summed E-state index contributed by atoms with van der Waals surface area (Å²) in [5.74, 6) is 1.70. The molecule has 0 atom stereocenters. The van der Waals surface area contributed by atoms with Crippen molar-refractivity contribution < 1.29 is 14.1 Å². The number of ether oxygens (including phenoxy) is 1. The second-order valence-electron chi connectivity index (χ2n) is 4.93. The number of methoxy groups -OCH3 is 1. The van der Waals surface area contributed by atoms with Crippen LogP contribution in [0.1, 0.15) is 5.76 Å². The highest BCUT2D eigenvalue weighted by Crippen LogP contribution is 2.30. The van der Waals surface area contributed by atoms with E-state index in [2.05, 4.69) is 4.99 Å². The Morgan fingerprint density at radius 3 is 2.54 bits per heavy atom. The van der Waals surface area contributed by atoms with Crippen molar-refractivity contribution in [2.45, 2.75) is 0 Å². The SMILES string of the molecule is COc1ccc(N=Cc2ccc(-c3ccccc3[N+](=O)[O-])o2)cc1. The van der Waals surface area contributed by atoms with Gasteiger partial charge in [-0.1, -0.05) is 12.1 Å². The quantitative estimate of drug-likeness (QED) is 0.390. The summed E-state index contributed by atoms with van der Waals surface area (Å²) in [4.78, 5) is 15.0. The molecular formula is C18H14N2O4. The maximum absolute atomic E-state index is 11.1. The Morgan fingerprint density at radius 1 is 1.08 bits per heavy atom. The summed E-state index contributed by atoms with van der Waals surface area (Å²) in [7, 11) is 1.60. The van der Waals surface area contributed by atoms with E-state index < -0.39 is 4.92 Å². The monoisotopic (exact) mass is 322 g/mol. The van der Waals surface area contributed by atoms with Gasteiger partial charge in [-0.2, -0.15) is 0 Å². The first-order valence-corrected chi connectivity index (χ1v) is 7.19. The van der Waals surface area contributed by atoms with Crippen LogP contribution in [0.2, 0.25) is 0 Å². The van der Waals surface area contributed by atoms with Gasteiger partial charge in [-0.3, -0.25) is 15.1 Å². The summed E-state index contributed by atoms with van der Waals surface area (Å²) in [6.45, 7) is 0. The lowest BCUT2D eigenvalue weighted by atomic mass is 10.1. The van der Waals surface area contributed by atoms with Gasteiger partial charge >= 0.3 is 0 Å². The highest BCUT2D eigenvalue weighted by atomic mass is 16.6. The maximum Gasteiger partial charge on any atom is 0.280 e. The van der Waals surface area contributed by atoms with Gasteiger partial charge in [0.2, 0.25) is 0 Å². The van der Waals surface area contributed by atoms with Crippen LogP contribution in [0.15, 0.2) is 70.1 Å². The van der Waals surface area contributed by atoms with Crippen molar-refractivity contribution >= 4 is 17.6 Å². The van der Waals surface area contributed by atoms with Crippen molar-refractivity contribution in [1.82, 2.24) is 0 Å². The molecule has 0 aliphatic carbocycles. The van der Waals surface area contributed by atoms with Crippen molar-refractivity contribution in [3.63, 3.8) is 0 Å². The molecule has 0 amide bonds. The summed E-state index contributed by atoms with van der Waals surface area (Å²) >= 11 is 0. The van der Waals surface area contributed by atoms with Crippen molar-refractivity contribution in [1.29, 1.82) is 0 Å². The molecule has 0 saturated heterocycles. The maximum atomic E-state index is 11.1. The molecule has 0 N–H and O–H groups in total. The molecule has 3 rings (SSSR count). The molecule has 6 heteroatoms. The first-order valence-electron chi connectivity index (χ1n) is 7.19. The fourth-order valence-electron chi connectivity index (χ4n) is 2.21. The minimum Gasteiger partial charge on any atom is -0.497 e. The first kappa shape index (κ1) is 15.5. The molecule has 0 radical (unpaired) electrons. The van der Waals surface area contributed by atoms with E-state index in [1.54, 1.807) is 43.7 Å². The summed E-state index contributed by atoms with van der Waals surface area (Å²) in [5.41, 5.74) is 1.19. The van der Waals surface area contributed by atoms with Gasteiger partial charge in [-0.05, 0) is 42.5 Å². The number of hydrogen-bond acceptors (Lipinski definition) is 5. The Hall–Kier alpha value is -3.41. The Kier molecular flexibility index (Phi) is 4.38. The number of nitro groups is 1. The van der Waals surface area contributed by atoms with E-state index >= 15 is 0 Å². The van der Waals surface area contributed by atoms with E-state index in [0.29, 0.717) is 17.1 Å². The van der Waals surface area contributed by atoms with Gasteiger partial charge in [-0.25, -0.2) is 0 Å². The molecule has 3 aromatic rings. The zero-order valence-corrected chi connectivity index (χ0v) is 12.9. The molecule has 1 aromatic heterocycles. The molecule has 0 unspecified atom stereocenters. The smallest absolute Gasteiger partial charge is 0.280 e. The zero-order valence-electron chi connectivity index (χ0n) is 12.9. The molecule has 6 nitrogen and oxygen atoms in total. The number of rotatable bonds is 5. The number of nitrogens with zero attached hydrogens (tertiary/aromatic N) is 2. The van der Waals surface area contributed by atoms with Gasteiger partial charge in [0.15, 0.2) is 0 Å². The Labute approximate surface area is 138 Å². The Bertz CT molecular complexity index is 882. The van der Waals surface area contributed by atoms with Crippen molar-refractivity contribution in [2.24, 2.45) is 4.99 Å². The highest BCUT2D eigenvalue weighted by Gasteiger charge is 2.16. The van der Waals surface area contributed by atoms with Gasteiger partial charge in [0, 0.05) is 6.07 Å². The van der Waals surface area contributed by atoms with Crippen LogP contribution in [0.4, 0.5) is 11.4 Å². The lowest BCUT2D eigenvalue weighted by Gasteiger charge is -1.99. The van der Waals surface area contributed by atoms with Crippen LogP contribution in [0.3, 0.4) is 0 Å². The number of hydrogen-bond donors (Lipinski definition) is 0. The molecule has 0 saturated carbocycles. The average Bonchev–Trinajstić information content (AvgIpc) is 3.09. The van der Waals surface area contributed by atoms with Gasteiger partial charge < -0.3 is 9.15 Å². The third kappa shape index (κ3) is 3.33. The van der Waals surface area contributed by atoms with Gasteiger partial charge in [0.05, 0.1) is 29.5 Å². The molecule has 0 aliphatic rings. The van der Waals surface area contributed by atoms with E-state index in [-0.39, 0.29) is 5.69 Å². The fraction of sp³-hybridized carbons (Fsp3) is 0.0556. The van der Waals surface area contributed by atoms with Crippen LogP contribution in [-0.4, -0.2) is 18.2 Å². The van der Waals surface area contributed by atoms with Crippen LogP contribution in [0.5, 0.6) is 5.75 Å². The normalized spacial score (nSPS) is 10.9. The van der Waals surface area contributed by atoms with E-state index in [1.807, 2.05) is 24.3 Å². The Balaban J connectivity index is 1.83. The number of furan rings is 1. The second kappa shape index (κ2) is 6.78. The predicted octanol–water partition coefficient (Wildman–Crippen LogP) is 4.61. The van der Waals surface area contributed by atoms with E-state index in [0.717, 1.165) is 11.4 Å². The van der Waals surface area contributed by atoms with E-state index in [1.165, 1.54) is 6.07 Å². The van der Waals surface area contributed by atoms with Gasteiger partial charge in [0.1, 0.15) is 17.3 Å². The standard InChI is InChI=1S/C18H14N2O4/c1-23-14-8-6-13(7-9-14)19-12-15-10-11-18(24-15)16-4-2-3-5-17(16)20(21)22/h2-12H,1H3. The molecule has 2 aromatic carbocycles. The van der Waals surface area contributed by atoms with Crippen LogP contribution >= 0.6 is 0 Å². The molecule has 1 heterocycles. The lowest BCUT2D eigenvalue weighted by Crippen LogP contribution is -1.90. The van der Waals surface area contributed by atoms with Crippen LogP contribution in [-0.2, 0) is 0 Å². The van der Waals surface area contributed by atoms with Gasteiger partial charge in [0.25, 0.3) is 5.69 Å². The number of aliphatic imine (C=N–C) groups is 1. The first-order chi connectivity index (χ1) is 11.7. The average molecular weight is 322 g/mol. The topological polar surface area (TPSA) is 77.9 Å². The van der Waals surface area contributed by atoms with Crippen LogP contribution < -0.4 is 4.74 Å². The third-order valence-corrected chi connectivity index (χ3v) is 3.41. The number of benzene rings is 2. The molecule has 0 fully saturated rings.